The van der Waals surface area contributed by atoms with E-state index in [1.807, 2.05) is 6.08 Å². The van der Waals surface area contributed by atoms with Gasteiger partial charge >= 0.3 is 0 Å². The molecule has 1 nitrogen and oxygen atoms in total. The van der Waals surface area contributed by atoms with Crippen molar-refractivity contribution in [2.45, 2.75) is 6.04 Å². The van der Waals surface area contributed by atoms with Gasteiger partial charge < -0.3 is 4.43 Å². The largest absolute Gasteiger partial charge is 0.427 e. The summed E-state index contributed by atoms with van der Waals surface area (Å²) in [5, 5.41) is 0. The molecule has 1 rings (SSSR count). The van der Waals surface area contributed by atoms with E-state index in [-0.39, 0.29) is 9.76 Å². The van der Waals surface area contributed by atoms with Gasteiger partial charge in [-0.3, -0.25) is 0 Å². The Labute approximate surface area is 76.0 Å². The van der Waals surface area contributed by atoms with Crippen molar-refractivity contribution in [2.75, 3.05) is 7.11 Å². The van der Waals surface area contributed by atoms with Crippen LogP contribution >= 0.6 is 0 Å². The van der Waals surface area contributed by atoms with Gasteiger partial charge in [0.1, 0.15) is 0 Å². The molecule has 0 heterocycles. The lowest BCUT2D eigenvalue weighted by Gasteiger charge is -1.99. The van der Waals surface area contributed by atoms with Gasteiger partial charge in [0, 0.05) is 7.11 Å². The summed E-state index contributed by atoms with van der Waals surface area (Å²) in [6.07, 6.45) is 1.86. The van der Waals surface area contributed by atoms with E-state index in [0.717, 1.165) is 6.04 Å². The summed E-state index contributed by atoms with van der Waals surface area (Å²) >= 11 is 0. The number of hydrogen-bond acceptors (Lipinski definition) is 1. The highest BCUT2D eigenvalue weighted by atomic mass is 28.2. The molecular formula is C10H14OSi. The van der Waals surface area contributed by atoms with Crippen molar-refractivity contribution in [3.8, 4) is 0 Å². The molecule has 0 aromatic heterocycles. The number of benzene rings is 1. The molecule has 1 aromatic carbocycles. The van der Waals surface area contributed by atoms with Crippen LogP contribution in [0, 0.1) is 0 Å². The first kappa shape index (κ1) is 9.23. The molecule has 0 aliphatic heterocycles. The van der Waals surface area contributed by atoms with Crippen LogP contribution in [0.25, 0.3) is 6.08 Å². The van der Waals surface area contributed by atoms with Gasteiger partial charge in [0.05, 0.1) is 0 Å². The van der Waals surface area contributed by atoms with Crippen LogP contribution in [-0.4, -0.2) is 16.9 Å². The summed E-state index contributed by atoms with van der Waals surface area (Å²) in [4.78, 5) is 0. The van der Waals surface area contributed by atoms with Crippen LogP contribution in [0.3, 0.4) is 0 Å². The summed E-state index contributed by atoms with van der Waals surface area (Å²) in [6.45, 7) is 3.71. The van der Waals surface area contributed by atoms with Gasteiger partial charge in [0.2, 0.25) is 0 Å². The molecule has 0 unspecified atom stereocenters. The minimum absolute atomic E-state index is 0.321. The van der Waals surface area contributed by atoms with E-state index in [0.29, 0.717) is 0 Å². The van der Waals surface area contributed by atoms with E-state index >= 15 is 0 Å². The molecule has 0 fully saturated rings. The Hall–Kier alpha value is -0.863. The summed E-state index contributed by atoms with van der Waals surface area (Å²) in [7, 11) is 1.46. The van der Waals surface area contributed by atoms with Gasteiger partial charge in [-0.05, 0) is 17.2 Å². The second-order valence-corrected chi connectivity index (χ2v) is 4.17. The Bertz CT molecular complexity index is 241. The highest BCUT2D eigenvalue weighted by Crippen LogP contribution is 2.05. The van der Waals surface area contributed by atoms with Crippen molar-refractivity contribution in [1.29, 1.82) is 0 Å². The molecule has 12 heavy (non-hydrogen) atoms. The Morgan fingerprint density at radius 3 is 2.58 bits per heavy atom. The van der Waals surface area contributed by atoms with Gasteiger partial charge in [-0.15, -0.1) is 0 Å². The number of hydrogen-bond donors (Lipinski definition) is 0. The molecule has 0 aliphatic carbocycles. The fraction of sp³-hybridized carbons (Fsp3) is 0.200. The zero-order chi connectivity index (χ0) is 8.81. The van der Waals surface area contributed by atoms with Crippen molar-refractivity contribution in [2.24, 2.45) is 0 Å². The number of rotatable bonds is 4. The second kappa shape index (κ2) is 4.90. The molecule has 2 heteroatoms. The molecule has 0 saturated carbocycles. The quantitative estimate of drug-likeness (QED) is 0.636. The first-order chi connectivity index (χ1) is 5.86. The molecule has 0 atom stereocenters. The third kappa shape index (κ3) is 2.64. The first-order valence-corrected chi connectivity index (χ1v) is 5.65. The highest BCUT2D eigenvalue weighted by Gasteiger charge is 1.92. The molecule has 0 amide bonds. The molecule has 1 aromatic rings. The summed E-state index contributed by atoms with van der Waals surface area (Å²) in [5.74, 6) is 0. The van der Waals surface area contributed by atoms with Crippen LogP contribution < -0.4 is 0 Å². The predicted octanol–water partition coefficient (Wildman–Crippen LogP) is 1.56. The maximum Gasteiger partial charge on any atom is 0.165 e. The van der Waals surface area contributed by atoms with E-state index in [2.05, 4.69) is 30.8 Å². The topological polar surface area (TPSA) is 9.23 Å². The molecule has 0 bridgehead atoms. The fourth-order valence-electron chi connectivity index (χ4n) is 1.04. The van der Waals surface area contributed by atoms with Crippen LogP contribution in [0.15, 0.2) is 30.8 Å². The van der Waals surface area contributed by atoms with Gasteiger partial charge in [-0.2, -0.15) is 0 Å². The lowest BCUT2D eigenvalue weighted by Crippen LogP contribution is -1.98. The standard InChI is InChI=1S/C10H14OSi/c1-3-9-4-6-10(7-5-9)8-12-11-2/h3-7H,1,8,12H2,2H3. The lowest BCUT2D eigenvalue weighted by atomic mass is 10.1. The van der Waals surface area contributed by atoms with E-state index in [1.165, 1.54) is 11.1 Å². The maximum atomic E-state index is 5.12. The highest BCUT2D eigenvalue weighted by molar-refractivity contribution is 6.26. The summed E-state index contributed by atoms with van der Waals surface area (Å²) in [6, 6.07) is 9.58. The van der Waals surface area contributed by atoms with Crippen LogP contribution in [-0.2, 0) is 10.5 Å². The summed E-state index contributed by atoms with van der Waals surface area (Å²) in [5.41, 5.74) is 2.55. The van der Waals surface area contributed by atoms with Gasteiger partial charge in [0.25, 0.3) is 0 Å². The predicted molar refractivity (Wildman–Crippen MR) is 55.8 cm³/mol. The van der Waals surface area contributed by atoms with Crippen molar-refractivity contribution >= 4 is 15.8 Å². The molecule has 0 aliphatic rings. The third-order valence-corrected chi connectivity index (χ3v) is 3.00. The fourth-order valence-corrected chi connectivity index (χ4v) is 1.81. The van der Waals surface area contributed by atoms with Crippen LogP contribution in [0.4, 0.5) is 0 Å². The van der Waals surface area contributed by atoms with Crippen LogP contribution in [0.1, 0.15) is 11.1 Å². The zero-order valence-electron chi connectivity index (χ0n) is 7.42. The van der Waals surface area contributed by atoms with E-state index in [1.54, 1.807) is 7.11 Å². The van der Waals surface area contributed by atoms with Crippen molar-refractivity contribution in [1.82, 2.24) is 0 Å². The minimum Gasteiger partial charge on any atom is -0.427 e. The third-order valence-electron chi connectivity index (χ3n) is 1.81. The minimum atomic E-state index is -0.321. The van der Waals surface area contributed by atoms with Gasteiger partial charge in [-0.1, -0.05) is 36.9 Å². The molecule has 64 valence electrons. The lowest BCUT2D eigenvalue weighted by molar-refractivity contribution is 0.441. The summed E-state index contributed by atoms with van der Waals surface area (Å²) < 4.78 is 5.12. The van der Waals surface area contributed by atoms with Gasteiger partial charge in [-0.25, -0.2) is 0 Å². The maximum absolute atomic E-state index is 5.12. The first-order valence-electron chi connectivity index (χ1n) is 4.07. The Morgan fingerprint density at radius 1 is 1.42 bits per heavy atom. The second-order valence-electron chi connectivity index (χ2n) is 2.69. The Morgan fingerprint density at radius 2 is 2.08 bits per heavy atom. The Balaban J connectivity index is 2.58. The normalized spacial score (nSPS) is 10.8. The molecule has 0 saturated heterocycles. The monoisotopic (exact) mass is 178 g/mol. The smallest absolute Gasteiger partial charge is 0.165 e. The average molecular weight is 178 g/mol. The molecule has 0 spiro atoms. The van der Waals surface area contributed by atoms with Crippen molar-refractivity contribution in [3.63, 3.8) is 0 Å². The van der Waals surface area contributed by atoms with Crippen LogP contribution in [0.2, 0.25) is 0 Å². The van der Waals surface area contributed by atoms with Crippen molar-refractivity contribution in [3.05, 3.63) is 42.0 Å². The van der Waals surface area contributed by atoms with Crippen molar-refractivity contribution < 1.29 is 4.43 Å². The molecular weight excluding hydrogens is 164 g/mol. The zero-order valence-corrected chi connectivity index (χ0v) is 8.83. The molecule has 0 radical (unpaired) electrons. The average Bonchev–Trinajstić information content (AvgIpc) is 2.15. The van der Waals surface area contributed by atoms with Crippen LogP contribution in [0.5, 0.6) is 0 Å². The SMILES string of the molecule is C=Cc1ccc(C[SiH2]OC)cc1. The van der Waals surface area contributed by atoms with Gasteiger partial charge in [0.15, 0.2) is 9.76 Å². The molecule has 0 N–H and O–H groups in total. The van der Waals surface area contributed by atoms with E-state index < -0.39 is 0 Å². The Kier molecular flexibility index (Phi) is 3.77. The van der Waals surface area contributed by atoms with E-state index in [9.17, 15) is 0 Å². The van der Waals surface area contributed by atoms with E-state index in [4.69, 9.17) is 4.43 Å².